The second-order valence-corrected chi connectivity index (χ2v) is 6.57. The molecule has 0 atom stereocenters. The first-order valence-electron chi connectivity index (χ1n) is 6.90. The minimum absolute atomic E-state index is 0.0908. The number of methoxy groups -OCH3 is 1. The molecule has 1 N–H and O–H groups in total. The average molecular weight is 354 g/mol. The molecule has 0 heterocycles. The highest BCUT2D eigenvalue weighted by Crippen LogP contribution is 2.28. The monoisotopic (exact) mass is 354 g/mol. The van der Waals surface area contributed by atoms with Crippen LogP contribution in [0.25, 0.3) is 0 Å². The number of hydrogen-bond donors (Lipinski definition) is 1. The van der Waals surface area contributed by atoms with Crippen LogP contribution in [-0.4, -0.2) is 27.0 Å². The molecule has 0 aromatic heterocycles. The van der Waals surface area contributed by atoms with Crippen LogP contribution in [0.1, 0.15) is 5.56 Å². The Morgan fingerprint density at radius 1 is 1.25 bits per heavy atom. The Labute approximate surface area is 138 Å². The van der Waals surface area contributed by atoms with E-state index in [2.05, 4.69) is 4.72 Å². The highest BCUT2D eigenvalue weighted by molar-refractivity contribution is 7.89. The second-order valence-electron chi connectivity index (χ2n) is 4.83. The van der Waals surface area contributed by atoms with E-state index in [0.717, 1.165) is 12.1 Å². The maximum Gasteiger partial charge on any atom is 0.293 e. The third-order valence-electron chi connectivity index (χ3n) is 3.30. The van der Waals surface area contributed by atoms with E-state index in [1.165, 1.54) is 25.3 Å². The van der Waals surface area contributed by atoms with E-state index in [0.29, 0.717) is 5.56 Å². The second kappa shape index (κ2) is 7.37. The van der Waals surface area contributed by atoms with Crippen molar-refractivity contribution in [3.8, 4) is 5.75 Å². The summed E-state index contributed by atoms with van der Waals surface area (Å²) < 4.78 is 45.2. The molecule has 7 nitrogen and oxygen atoms in total. The van der Waals surface area contributed by atoms with Crippen molar-refractivity contribution in [3.63, 3.8) is 0 Å². The number of nitro benzene ring substituents is 1. The van der Waals surface area contributed by atoms with E-state index in [1.807, 2.05) is 0 Å². The molecule has 2 aromatic carbocycles. The Hall–Kier alpha value is -2.52. The Kier molecular flexibility index (Phi) is 5.47. The van der Waals surface area contributed by atoms with E-state index in [4.69, 9.17) is 4.74 Å². The predicted octanol–water partition coefficient (Wildman–Crippen LogP) is 2.26. The van der Waals surface area contributed by atoms with Crippen LogP contribution in [0.2, 0.25) is 0 Å². The first-order valence-corrected chi connectivity index (χ1v) is 8.39. The summed E-state index contributed by atoms with van der Waals surface area (Å²) in [6, 6.07) is 9.44. The fourth-order valence-corrected chi connectivity index (χ4v) is 3.28. The van der Waals surface area contributed by atoms with Crippen molar-refractivity contribution in [1.29, 1.82) is 0 Å². The van der Waals surface area contributed by atoms with Crippen LogP contribution in [0.4, 0.5) is 10.1 Å². The molecule has 2 aromatic rings. The zero-order valence-corrected chi connectivity index (χ0v) is 13.5. The molecule has 0 unspecified atom stereocenters. The lowest BCUT2D eigenvalue weighted by atomic mass is 10.1. The Bertz CT molecular complexity index is 855. The van der Waals surface area contributed by atoms with Gasteiger partial charge < -0.3 is 4.74 Å². The zero-order chi connectivity index (χ0) is 17.7. The standard InChI is InChI=1S/C15H15FN2O5S/c1-23-12-6-7-15(14(10-12)18(19)20)24(21,22)17-9-8-11-4-2-3-5-13(11)16/h2-7,10,17H,8-9H2,1H3. The third-order valence-corrected chi connectivity index (χ3v) is 4.80. The van der Waals surface area contributed by atoms with Gasteiger partial charge in [-0.25, -0.2) is 17.5 Å². The molecule has 24 heavy (non-hydrogen) atoms. The molecule has 0 aliphatic heterocycles. The van der Waals surface area contributed by atoms with Gasteiger partial charge in [-0.2, -0.15) is 0 Å². The Balaban J connectivity index is 2.18. The zero-order valence-electron chi connectivity index (χ0n) is 12.7. The van der Waals surface area contributed by atoms with Gasteiger partial charge in [-0.05, 0) is 30.2 Å². The van der Waals surface area contributed by atoms with Crippen LogP contribution >= 0.6 is 0 Å². The molecule has 2 rings (SSSR count). The number of halogens is 1. The van der Waals surface area contributed by atoms with E-state index < -0.39 is 31.3 Å². The van der Waals surface area contributed by atoms with Gasteiger partial charge in [0.05, 0.1) is 18.1 Å². The van der Waals surface area contributed by atoms with Gasteiger partial charge in [0.1, 0.15) is 11.6 Å². The van der Waals surface area contributed by atoms with Crippen LogP contribution in [0.5, 0.6) is 5.75 Å². The molecule has 0 radical (unpaired) electrons. The SMILES string of the molecule is COc1ccc(S(=O)(=O)NCCc2ccccc2F)c([N+](=O)[O-])c1. The van der Waals surface area contributed by atoms with Crippen molar-refractivity contribution in [2.45, 2.75) is 11.3 Å². The van der Waals surface area contributed by atoms with Crippen molar-refractivity contribution >= 4 is 15.7 Å². The molecular weight excluding hydrogens is 339 g/mol. The highest BCUT2D eigenvalue weighted by atomic mass is 32.2. The number of sulfonamides is 1. The number of rotatable bonds is 7. The van der Waals surface area contributed by atoms with Crippen LogP contribution in [0.15, 0.2) is 47.4 Å². The van der Waals surface area contributed by atoms with Gasteiger partial charge in [-0.3, -0.25) is 10.1 Å². The summed E-state index contributed by atoms with van der Waals surface area (Å²) in [4.78, 5) is 9.82. The van der Waals surface area contributed by atoms with Gasteiger partial charge in [0.25, 0.3) is 5.69 Å². The number of ether oxygens (including phenoxy) is 1. The van der Waals surface area contributed by atoms with E-state index in [1.54, 1.807) is 12.1 Å². The molecule has 0 fully saturated rings. The smallest absolute Gasteiger partial charge is 0.293 e. The third kappa shape index (κ3) is 4.06. The number of nitro groups is 1. The quantitative estimate of drug-likeness (QED) is 0.607. The summed E-state index contributed by atoms with van der Waals surface area (Å²) in [6.07, 6.45) is 0.121. The van der Waals surface area contributed by atoms with Crippen molar-refractivity contribution < 1.29 is 22.5 Å². The molecule has 9 heteroatoms. The van der Waals surface area contributed by atoms with Crippen LogP contribution in [0, 0.1) is 15.9 Å². The lowest BCUT2D eigenvalue weighted by Crippen LogP contribution is -2.26. The number of benzene rings is 2. The molecular formula is C15H15FN2O5S. The van der Waals surface area contributed by atoms with Gasteiger partial charge in [0.15, 0.2) is 4.90 Å². The summed E-state index contributed by atoms with van der Waals surface area (Å²) >= 11 is 0. The summed E-state index contributed by atoms with van der Waals surface area (Å²) in [7, 11) is -2.79. The van der Waals surface area contributed by atoms with Gasteiger partial charge in [-0.1, -0.05) is 18.2 Å². The van der Waals surface area contributed by atoms with Crippen LogP contribution in [0.3, 0.4) is 0 Å². The average Bonchev–Trinajstić information content (AvgIpc) is 2.55. The van der Waals surface area contributed by atoms with Crippen molar-refractivity contribution in [3.05, 3.63) is 64.0 Å². The topological polar surface area (TPSA) is 98.5 Å². The number of nitrogens with zero attached hydrogens (tertiary/aromatic N) is 1. The molecule has 0 amide bonds. The van der Waals surface area contributed by atoms with Gasteiger partial charge in [0, 0.05) is 6.54 Å². The van der Waals surface area contributed by atoms with Gasteiger partial charge in [-0.15, -0.1) is 0 Å². The van der Waals surface area contributed by atoms with Crippen molar-refractivity contribution in [2.24, 2.45) is 0 Å². The van der Waals surface area contributed by atoms with E-state index >= 15 is 0 Å². The van der Waals surface area contributed by atoms with Gasteiger partial charge >= 0.3 is 0 Å². The largest absolute Gasteiger partial charge is 0.497 e. The molecule has 0 saturated heterocycles. The fourth-order valence-electron chi connectivity index (χ4n) is 2.09. The van der Waals surface area contributed by atoms with Crippen molar-refractivity contribution in [1.82, 2.24) is 4.72 Å². The first-order chi connectivity index (χ1) is 11.3. The predicted molar refractivity (Wildman–Crippen MR) is 84.9 cm³/mol. The highest BCUT2D eigenvalue weighted by Gasteiger charge is 2.26. The number of hydrogen-bond acceptors (Lipinski definition) is 5. The summed E-state index contributed by atoms with van der Waals surface area (Å²) in [5.41, 5.74) is -0.239. The summed E-state index contributed by atoms with van der Waals surface area (Å²) in [6.45, 7) is -0.0908. The van der Waals surface area contributed by atoms with Crippen molar-refractivity contribution in [2.75, 3.05) is 13.7 Å². The molecule has 0 spiro atoms. The molecule has 0 saturated carbocycles. The van der Waals surface area contributed by atoms with E-state index in [9.17, 15) is 22.9 Å². The molecule has 0 aliphatic rings. The molecule has 128 valence electrons. The normalized spacial score (nSPS) is 11.2. The fraction of sp³-hybridized carbons (Fsp3) is 0.200. The minimum Gasteiger partial charge on any atom is -0.497 e. The summed E-state index contributed by atoms with van der Waals surface area (Å²) in [5, 5.41) is 11.1. The van der Waals surface area contributed by atoms with Gasteiger partial charge in [0.2, 0.25) is 10.0 Å². The lowest BCUT2D eigenvalue weighted by Gasteiger charge is -2.09. The Morgan fingerprint density at radius 3 is 2.58 bits per heavy atom. The van der Waals surface area contributed by atoms with E-state index in [-0.39, 0.29) is 18.7 Å². The lowest BCUT2D eigenvalue weighted by molar-refractivity contribution is -0.387. The maximum atomic E-state index is 13.5. The number of nitrogens with one attached hydrogen (secondary N) is 1. The maximum absolute atomic E-state index is 13.5. The summed E-state index contributed by atoms with van der Waals surface area (Å²) in [5.74, 6) is -0.265. The Morgan fingerprint density at radius 2 is 1.96 bits per heavy atom. The molecule has 0 bridgehead atoms. The minimum atomic E-state index is -4.11. The van der Waals surface area contributed by atoms with Crippen LogP contribution in [-0.2, 0) is 16.4 Å². The first kappa shape index (κ1) is 17.8. The van der Waals surface area contributed by atoms with Crippen LogP contribution < -0.4 is 9.46 Å². The molecule has 0 aliphatic carbocycles.